The second kappa shape index (κ2) is 6.05. The Bertz CT molecular complexity index is 880. The molecule has 25 heavy (non-hydrogen) atoms. The molecule has 0 bridgehead atoms. The fourth-order valence-electron chi connectivity index (χ4n) is 3.46. The number of fused-ring (bicyclic) bond motifs is 2. The zero-order chi connectivity index (χ0) is 17.6. The van der Waals surface area contributed by atoms with Gasteiger partial charge in [0, 0.05) is 24.2 Å². The van der Waals surface area contributed by atoms with Gasteiger partial charge in [0.2, 0.25) is 5.78 Å². The Hall–Kier alpha value is -2.59. The largest absolute Gasteiger partial charge is 0.477 e. The number of nitrogens with zero attached hydrogens (tertiary/aromatic N) is 1. The minimum absolute atomic E-state index is 0.0268. The summed E-state index contributed by atoms with van der Waals surface area (Å²) in [6.07, 6.45) is 0. The van der Waals surface area contributed by atoms with Crippen molar-refractivity contribution in [1.29, 1.82) is 0 Å². The van der Waals surface area contributed by atoms with E-state index < -0.39 is 0 Å². The third-order valence-electron chi connectivity index (χ3n) is 4.68. The summed E-state index contributed by atoms with van der Waals surface area (Å²) in [6, 6.07) is 12.3. The maximum Gasteiger partial charge on any atom is 0.231 e. The molecule has 0 amide bonds. The Balaban J connectivity index is 1.65. The number of ketones is 1. The van der Waals surface area contributed by atoms with Crippen molar-refractivity contribution in [2.45, 2.75) is 33.9 Å². The third kappa shape index (κ3) is 2.72. The minimum Gasteiger partial charge on any atom is -0.477 e. The molecule has 2 aromatic carbocycles. The van der Waals surface area contributed by atoms with Crippen LogP contribution in [-0.2, 0) is 13.1 Å². The van der Waals surface area contributed by atoms with Crippen LogP contribution >= 0.6 is 0 Å². The molecule has 0 saturated carbocycles. The molecule has 2 heterocycles. The average molecular weight is 335 g/mol. The van der Waals surface area contributed by atoms with Crippen molar-refractivity contribution < 1.29 is 14.3 Å². The lowest BCUT2D eigenvalue weighted by molar-refractivity contribution is 0.0876. The van der Waals surface area contributed by atoms with Gasteiger partial charge in [-0.2, -0.15) is 0 Å². The van der Waals surface area contributed by atoms with Crippen LogP contribution in [0.5, 0.6) is 11.5 Å². The van der Waals surface area contributed by atoms with E-state index in [4.69, 9.17) is 9.47 Å². The lowest BCUT2D eigenvalue weighted by atomic mass is 9.99. The molecular formula is C21H21NO3. The lowest BCUT2D eigenvalue weighted by Gasteiger charge is -2.30. The number of Topliss-reactive ketones (excluding diaryl/α,β-unsaturated/α-hetero) is 1. The Morgan fingerprint density at radius 3 is 2.64 bits per heavy atom. The van der Waals surface area contributed by atoms with Crippen LogP contribution in [0.1, 0.15) is 40.9 Å². The molecule has 0 unspecified atom stereocenters. The molecule has 2 aliphatic rings. The highest BCUT2D eigenvalue weighted by atomic mass is 16.5. The second-order valence-electron chi connectivity index (χ2n) is 6.87. The Labute approximate surface area is 147 Å². The summed E-state index contributed by atoms with van der Waals surface area (Å²) in [5.41, 5.74) is 4.75. The quantitative estimate of drug-likeness (QED) is 0.771. The number of rotatable bonds is 2. The normalized spacial score (nSPS) is 16.1. The molecule has 0 aliphatic carbocycles. The molecule has 2 aliphatic heterocycles. The Morgan fingerprint density at radius 2 is 1.92 bits per heavy atom. The molecule has 4 nitrogen and oxygen atoms in total. The first-order valence-electron chi connectivity index (χ1n) is 8.50. The van der Waals surface area contributed by atoms with Crippen molar-refractivity contribution >= 4 is 5.78 Å². The number of allylic oxidation sites excluding steroid dienone is 2. The minimum atomic E-state index is -0.0268. The van der Waals surface area contributed by atoms with Crippen molar-refractivity contribution in [3.8, 4) is 11.5 Å². The molecule has 0 atom stereocenters. The van der Waals surface area contributed by atoms with Crippen LogP contribution in [0.25, 0.3) is 0 Å². The predicted molar refractivity (Wildman–Crippen MR) is 95.7 cm³/mol. The highest BCUT2D eigenvalue weighted by Gasteiger charge is 2.34. The highest BCUT2D eigenvalue weighted by molar-refractivity contribution is 6.13. The maximum absolute atomic E-state index is 12.6. The van der Waals surface area contributed by atoms with Crippen molar-refractivity contribution in [2.75, 3.05) is 6.73 Å². The first-order valence-corrected chi connectivity index (χ1v) is 8.50. The summed E-state index contributed by atoms with van der Waals surface area (Å²) < 4.78 is 11.9. The summed E-state index contributed by atoms with van der Waals surface area (Å²) in [4.78, 5) is 14.8. The van der Waals surface area contributed by atoms with Gasteiger partial charge < -0.3 is 9.47 Å². The van der Waals surface area contributed by atoms with Gasteiger partial charge >= 0.3 is 0 Å². The summed E-state index contributed by atoms with van der Waals surface area (Å²) in [5, 5.41) is 0. The van der Waals surface area contributed by atoms with E-state index >= 15 is 0 Å². The summed E-state index contributed by atoms with van der Waals surface area (Å²) in [7, 11) is 0. The van der Waals surface area contributed by atoms with E-state index in [0.717, 1.165) is 35.5 Å². The van der Waals surface area contributed by atoms with Gasteiger partial charge in [-0.05, 0) is 38.0 Å². The number of carbonyl (C=O) groups is 1. The van der Waals surface area contributed by atoms with Crippen molar-refractivity contribution in [3.05, 3.63) is 70.0 Å². The molecular weight excluding hydrogens is 314 g/mol. The first kappa shape index (κ1) is 15.9. The molecule has 0 radical (unpaired) electrons. The molecule has 2 aromatic rings. The van der Waals surface area contributed by atoms with Crippen molar-refractivity contribution in [2.24, 2.45) is 0 Å². The lowest BCUT2D eigenvalue weighted by Crippen LogP contribution is -2.32. The molecule has 0 fully saturated rings. The van der Waals surface area contributed by atoms with E-state index in [1.54, 1.807) is 0 Å². The van der Waals surface area contributed by atoms with E-state index in [1.165, 1.54) is 5.56 Å². The number of ether oxygens (including phenoxy) is 2. The molecule has 128 valence electrons. The topological polar surface area (TPSA) is 38.8 Å². The molecule has 0 spiro atoms. The van der Waals surface area contributed by atoms with Crippen LogP contribution in [0.2, 0.25) is 0 Å². The molecule has 0 saturated heterocycles. The fourth-order valence-corrected chi connectivity index (χ4v) is 3.46. The van der Waals surface area contributed by atoms with Gasteiger partial charge in [0.25, 0.3) is 0 Å². The van der Waals surface area contributed by atoms with Crippen LogP contribution in [-0.4, -0.2) is 17.4 Å². The fraction of sp³-hybridized carbons (Fsp3) is 0.286. The maximum atomic E-state index is 12.6. The molecule has 0 aromatic heterocycles. The molecule has 4 heteroatoms. The predicted octanol–water partition coefficient (Wildman–Crippen LogP) is 4.22. The van der Waals surface area contributed by atoms with Crippen LogP contribution in [0.15, 0.2) is 47.7 Å². The molecule has 4 rings (SSSR count). The van der Waals surface area contributed by atoms with Gasteiger partial charge in [-0.1, -0.05) is 30.3 Å². The van der Waals surface area contributed by atoms with E-state index in [1.807, 2.05) is 45.0 Å². The number of hydrogen-bond donors (Lipinski definition) is 0. The monoisotopic (exact) mass is 335 g/mol. The average Bonchev–Trinajstić information content (AvgIpc) is 2.93. The smallest absolute Gasteiger partial charge is 0.231 e. The zero-order valence-electron chi connectivity index (χ0n) is 14.8. The van der Waals surface area contributed by atoms with Gasteiger partial charge in [-0.15, -0.1) is 0 Å². The van der Waals surface area contributed by atoms with Crippen LogP contribution < -0.4 is 9.47 Å². The number of carbonyl (C=O) groups excluding carboxylic acids is 1. The number of hydrogen-bond acceptors (Lipinski definition) is 4. The first-order chi connectivity index (χ1) is 12.0. The summed E-state index contributed by atoms with van der Waals surface area (Å²) >= 11 is 0. The number of benzene rings is 2. The van der Waals surface area contributed by atoms with Crippen molar-refractivity contribution in [1.82, 2.24) is 4.90 Å². The SMILES string of the molecule is CC(C)=C1Oc2c(cc3c(c2C)OCN(Cc2ccccc2)C3)C1=O. The second-order valence-corrected chi connectivity index (χ2v) is 6.87. The van der Waals surface area contributed by atoms with Gasteiger partial charge in [-0.3, -0.25) is 9.69 Å². The van der Waals surface area contributed by atoms with Gasteiger partial charge in [0.05, 0.1) is 5.56 Å². The van der Waals surface area contributed by atoms with Gasteiger partial charge in [0.1, 0.15) is 18.2 Å². The highest BCUT2D eigenvalue weighted by Crippen LogP contribution is 2.43. The van der Waals surface area contributed by atoms with Crippen LogP contribution in [0.3, 0.4) is 0 Å². The Kier molecular flexibility index (Phi) is 3.85. The Morgan fingerprint density at radius 1 is 1.16 bits per heavy atom. The van der Waals surface area contributed by atoms with Crippen molar-refractivity contribution in [3.63, 3.8) is 0 Å². The summed E-state index contributed by atoms with van der Waals surface area (Å²) in [6.45, 7) is 7.87. The molecule has 0 N–H and O–H groups in total. The standard InChI is InChI=1S/C21H21NO3/c1-13(2)19-18(23)17-9-16-11-22(10-15-7-5-4-6-8-15)12-24-20(16)14(3)21(17)25-19/h4-9H,10-12H2,1-3H3. The van der Waals surface area contributed by atoms with E-state index in [2.05, 4.69) is 17.0 Å². The summed E-state index contributed by atoms with van der Waals surface area (Å²) in [5.74, 6) is 1.92. The zero-order valence-corrected chi connectivity index (χ0v) is 14.8. The van der Waals surface area contributed by atoms with E-state index in [-0.39, 0.29) is 5.78 Å². The third-order valence-corrected chi connectivity index (χ3v) is 4.68. The van der Waals surface area contributed by atoms with Crippen LogP contribution in [0.4, 0.5) is 0 Å². The van der Waals surface area contributed by atoms with Gasteiger partial charge in [0.15, 0.2) is 5.76 Å². The van der Waals surface area contributed by atoms with Gasteiger partial charge in [-0.25, -0.2) is 0 Å². The van der Waals surface area contributed by atoms with Crippen LogP contribution in [0, 0.1) is 6.92 Å². The van der Waals surface area contributed by atoms with E-state index in [0.29, 0.717) is 23.8 Å². The van der Waals surface area contributed by atoms with E-state index in [9.17, 15) is 4.79 Å².